The first-order valence-electron chi connectivity index (χ1n) is 8.41. The van der Waals surface area contributed by atoms with Crippen LogP contribution in [0.1, 0.15) is 24.8 Å². The Bertz CT molecular complexity index is 804. The Hall–Kier alpha value is -0.580. The lowest BCUT2D eigenvalue weighted by Gasteiger charge is -2.25. The highest BCUT2D eigenvalue weighted by Gasteiger charge is 2.38. The minimum Gasteiger partial charge on any atom is -0.488 e. The lowest BCUT2D eigenvalue weighted by atomic mass is 9.89. The van der Waals surface area contributed by atoms with Crippen molar-refractivity contribution in [3.63, 3.8) is 0 Å². The van der Waals surface area contributed by atoms with Gasteiger partial charge in [-0.05, 0) is 48.5 Å². The van der Waals surface area contributed by atoms with Gasteiger partial charge in [0.15, 0.2) is 0 Å². The van der Waals surface area contributed by atoms with E-state index >= 15 is 0 Å². The average molecular weight is 415 g/mol. The summed E-state index contributed by atoms with van der Waals surface area (Å²) in [6.45, 7) is 4.10. The molecule has 1 fully saturated rings. The first-order valence-corrected chi connectivity index (χ1v) is 10.5. The molecule has 0 bridgehead atoms. The van der Waals surface area contributed by atoms with Crippen LogP contribution in [0.5, 0.6) is 5.75 Å². The Balaban J connectivity index is 1.87. The van der Waals surface area contributed by atoms with Gasteiger partial charge in [0.1, 0.15) is 11.9 Å². The topological polar surface area (TPSA) is 21.3 Å². The summed E-state index contributed by atoms with van der Waals surface area (Å²) in [7, 11) is 0. The summed E-state index contributed by atoms with van der Waals surface area (Å²) in [6, 6.07) is 7.81. The summed E-state index contributed by atoms with van der Waals surface area (Å²) < 4.78 is 6.32. The molecule has 132 valence electrons. The van der Waals surface area contributed by atoms with Crippen molar-refractivity contribution in [2.45, 2.75) is 30.3 Å². The Labute approximate surface area is 167 Å². The van der Waals surface area contributed by atoms with Crippen molar-refractivity contribution in [3.05, 3.63) is 44.9 Å². The van der Waals surface area contributed by atoms with Gasteiger partial charge < -0.3 is 10.1 Å². The normalized spacial score (nSPS) is 21.6. The van der Waals surface area contributed by atoms with Crippen molar-refractivity contribution in [2.75, 3.05) is 18.8 Å². The number of nitrogens with one attached hydrogen (secondary N) is 1. The molecule has 25 heavy (non-hydrogen) atoms. The number of fused-ring (bicyclic) bond motifs is 3. The summed E-state index contributed by atoms with van der Waals surface area (Å²) in [5.74, 6) is 2.40. The van der Waals surface area contributed by atoms with Gasteiger partial charge in [0, 0.05) is 28.6 Å². The van der Waals surface area contributed by atoms with Crippen LogP contribution in [-0.2, 0) is 0 Å². The van der Waals surface area contributed by atoms with Gasteiger partial charge in [-0.3, -0.25) is 0 Å². The summed E-state index contributed by atoms with van der Waals surface area (Å²) in [5.41, 5.74) is 3.12. The molecule has 2 heterocycles. The number of rotatable bonds is 3. The summed E-state index contributed by atoms with van der Waals surface area (Å²) in [5, 5.41) is 5.17. The third kappa shape index (κ3) is 3.26. The van der Waals surface area contributed by atoms with E-state index in [-0.39, 0.29) is 6.10 Å². The first kappa shape index (κ1) is 17.8. The number of thioether (sulfide) groups is 1. The van der Waals surface area contributed by atoms with E-state index in [2.05, 4.69) is 24.4 Å². The van der Waals surface area contributed by atoms with Crippen LogP contribution in [0.2, 0.25) is 15.1 Å². The van der Waals surface area contributed by atoms with Gasteiger partial charge in [-0.15, -0.1) is 11.8 Å². The number of halogens is 3. The molecule has 0 spiro atoms. The maximum atomic E-state index is 6.47. The molecule has 2 nitrogen and oxygen atoms in total. The van der Waals surface area contributed by atoms with Gasteiger partial charge in [0.05, 0.1) is 14.9 Å². The van der Waals surface area contributed by atoms with Crippen molar-refractivity contribution >= 4 is 46.6 Å². The van der Waals surface area contributed by atoms with Crippen molar-refractivity contribution in [1.82, 2.24) is 5.32 Å². The van der Waals surface area contributed by atoms with Crippen molar-refractivity contribution in [3.8, 4) is 16.9 Å². The van der Waals surface area contributed by atoms with Crippen LogP contribution in [-0.4, -0.2) is 24.9 Å². The van der Waals surface area contributed by atoms with Crippen LogP contribution in [0.3, 0.4) is 0 Å². The molecule has 6 heteroatoms. The third-order valence-corrected chi connectivity index (χ3v) is 6.48. The van der Waals surface area contributed by atoms with Gasteiger partial charge in [-0.25, -0.2) is 0 Å². The summed E-state index contributed by atoms with van der Waals surface area (Å²) >= 11 is 20.8. The molecule has 0 aromatic heterocycles. The Kier molecular flexibility index (Phi) is 5.13. The van der Waals surface area contributed by atoms with Gasteiger partial charge in [0.25, 0.3) is 0 Å². The molecule has 2 aliphatic rings. The van der Waals surface area contributed by atoms with E-state index in [0.29, 0.717) is 21.0 Å². The highest BCUT2D eigenvalue weighted by molar-refractivity contribution is 7.99. The van der Waals surface area contributed by atoms with Crippen molar-refractivity contribution in [2.24, 2.45) is 0 Å². The van der Waals surface area contributed by atoms with E-state index in [4.69, 9.17) is 39.5 Å². The van der Waals surface area contributed by atoms with Crippen molar-refractivity contribution in [1.29, 1.82) is 0 Å². The van der Waals surface area contributed by atoms with Crippen LogP contribution in [0.25, 0.3) is 11.1 Å². The zero-order valence-electron chi connectivity index (χ0n) is 13.7. The Morgan fingerprint density at radius 3 is 2.64 bits per heavy atom. The second-order valence-electron chi connectivity index (χ2n) is 6.33. The summed E-state index contributed by atoms with van der Waals surface area (Å²) in [4.78, 5) is 1.16. The average Bonchev–Trinajstić information content (AvgIpc) is 2.93. The molecule has 2 aromatic carbocycles. The maximum Gasteiger partial charge on any atom is 0.137 e. The van der Waals surface area contributed by atoms with Gasteiger partial charge in [-0.1, -0.05) is 41.7 Å². The molecule has 4 rings (SSSR count). The molecule has 2 atom stereocenters. The van der Waals surface area contributed by atoms with Crippen molar-refractivity contribution < 1.29 is 4.74 Å². The van der Waals surface area contributed by atoms with E-state index in [1.807, 2.05) is 0 Å². The zero-order chi connectivity index (χ0) is 17.6. The minimum absolute atomic E-state index is 0.263. The quantitative estimate of drug-likeness (QED) is 0.599. The number of piperidine rings is 1. The molecular formula is C19H18Cl3NOS. The molecule has 1 saturated heterocycles. The van der Waals surface area contributed by atoms with E-state index in [1.54, 1.807) is 23.9 Å². The fourth-order valence-electron chi connectivity index (χ4n) is 3.69. The molecule has 0 aliphatic carbocycles. The molecule has 0 amide bonds. The first-order chi connectivity index (χ1) is 12.1. The monoisotopic (exact) mass is 413 g/mol. The largest absolute Gasteiger partial charge is 0.488 e. The Morgan fingerprint density at radius 1 is 1.16 bits per heavy atom. The minimum atomic E-state index is 0.263. The molecule has 1 N–H and O–H groups in total. The predicted octanol–water partition coefficient (Wildman–Crippen LogP) is 6.26. The van der Waals surface area contributed by atoms with Gasteiger partial charge in [-0.2, -0.15) is 0 Å². The second kappa shape index (κ2) is 7.21. The summed E-state index contributed by atoms with van der Waals surface area (Å²) in [6.07, 6.45) is 1.30. The van der Waals surface area contributed by atoms with Gasteiger partial charge >= 0.3 is 0 Å². The van der Waals surface area contributed by atoms with Gasteiger partial charge in [0.2, 0.25) is 0 Å². The number of hydrogen-bond acceptors (Lipinski definition) is 3. The predicted molar refractivity (Wildman–Crippen MR) is 108 cm³/mol. The highest BCUT2D eigenvalue weighted by Crippen LogP contribution is 2.49. The molecule has 2 aromatic rings. The van der Waals surface area contributed by atoms with E-state index in [0.717, 1.165) is 47.0 Å². The Morgan fingerprint density at radius 2 is 1.92 bits per heavy atom. The SMILES string of the molecule is CCSc1cc(-c2c(Cl)cc(Cl)cc2Cl)cc2c1OC1CCNC[C@@H]21. The zero-order valence-corrected chi connectivity index (χ0v) is 16.8. The molecular weight excluding hydrogens is 397 g/mol. The van der Waals surface area contributed by atoms with Crippen LogP contribution in [0.4, 0.5) is 0 Å². The smallest absolute Gasteiger partial charge is 0.137 e. The maximum absolute atomic E-state index is 6.47. The van der Waals surface area contributed by atoms with Crippen LogP contribution in [0.15, 0.2) is 29.2 Å². The number of benzene rings is 2. The number of hydrogen-bond donors (Lipinski definition) is 1. The van der Waals surface area contributed by atoms with E-state index in [9.17, 15) is 0 Å². The molecule has 2 aliphatic heterocycles. The van der Waals surface area contributed by atoms with Crippen LogP contribution < -0.4 is 10.1 Å². The fraction of sp³-hybridized carbons (Fsp3) is 0.368. The second-order valence-corrected chi connectivity index (χ2v) is 8.88. The fourth-order valence-corrected chi connectivity index (χ4v) is 5.54. The molecule has 0 saturated carbocycles. The number of ether oxygens (including phenoxy) is 1. The van der Waals surface area contributed by atoms with Crippen LogP contribution in [0, 0.1) is 0 Å². The van der Waals surface area contributed by atoms with Crippen LogP contribution >= 0.6 is 46.6 Å². The standard InChI is InChI=1S/C19H18Cl3NOS/c1-2-25-17-6-10(18-14(21)7-11(20)8-15(18)22)5-12-13-9-23-4-3-16(13)24-19(12)17/h5-8,13,16,23H,2-4,9H2,1H3/t13-,16?/m0/s1. The molecule has 1 unspecified atom stereocenters. The third-order valence-electron chi connectivity index (χ3n) is 4.77. The lowest BCUT2D eigenvalue weighted by molar-refractivity contribution is 0.169. The van der Waals surface area contributed by atoms with E-state index in [1.165, 1.54) is 5.56 Å². The molecule has 0 radical (unpaired) electrons. The lowest BCUT2D eigenvalue weighted by Crippen LogP contribution is -2.37. The van der Waals surface area contributed by atoms with E-state index < -0.39 is 0 Å². The highest BCUT2D eigenvalue weighted by atomic mass is 35.5.